The Hall–Kier alpha value is -0.830. The van der Waals surface area contributed by atoms with E-state index >= 15 is 0 Å². The number of nitrogens with zero attached hydrogens (tertiary/aromatic N) is 1. The highest BCUT2D eigenvalue weighted by molar-refractivity contribution is 5.79. The van der Waals surface area contributed by atoms with Crippen LogP contribution < -0.4 is 5.43 Å². The Bertz CT molecular complexity index is 201. The zero-order valence-corrected chi connectivity index (χ0v) is 8.31. The van der Waals surface area contributed by atoms with Gasteiger partial charge in [-0.05, 0) is 12.8 Å². The largest absolute Gasteiger partial charge is 0.273 e. The van der Waals surface area contributed by atoms with Crippen LogP contribution in [0.5, 0.6) is 0 Å². The molecule has 3 heteroatoms. The first-order valence-electron chi connectivity index (χ1n) is 5.00. The molecule has 74 valence electrons. The lowest BCUT2D eigenvalue weighted by molar-refractivity contribution is -0.127. The first kappa shape index (κ1) is 10.3. The number of unbranched alkanes of at least 4 members (excludes halogenated alkanes) is 2. The minimum absolute atomic E-state index is 0.154. The molecular weight excluding hydrogens is 164 g/mol. The third-order valence-corrected chi connectivity index (χ3v) is 2.24. The van der Waals surface area contributed by atoms with Crippen LogP contribution in [0.2, 0.25) is 0 Å². The van der Waals surface area contributed by atoms with Crippen LogP contribution >= 0.6 is 0 Å². The van der Waals surface area contributed by atoms with E-state index in [2.05, 4.69) is 18.9 Å². The van der Waals surface area contributed by atoms with Crippen molar-refractivity contribution in [3.05, 3.63) is 12.3 Å². The van der Waals surface area contributed by atoms with Gasteiger partial charge in [0.25, 0.3) is 0 Å². The van der Waals surface area contributed by atoms with E-state index in [0.29, 0.717) is 6.42 Å². The van der Waals surface area contributed by atoms with Crippen molar-refractivity contribution >= 4 is 5.91 Å². The van der Waals surface area contributed by atoms with Gasteiger partial charge in [0.05, 0.1) is 0 Å². The molecule has 0 aromatic carbocycles. The number of allylic oxidation sites excluding steroid dienone is 1. The Labute approximate surface area is 79.8 Å². The van der Waals surface area contributed by atoms with E-state index in [1.165, 1.54) is 12.8 Å². The van der Waals surface area contributed by atoms with Crippen molar-refractivity contribution in [3.8, 4) is 0 Å². The van der Waals surface area contributed by atoms with Crippen LogP contribution in [0.15, 0.2) is 12.3 Å². The van der Waals surface area contributed by atoms with E-state index in [1.807, 2.05) is 0 Å². The number of carbonyl (C=O) groups excluding carboxylic acids is 1. The molecule has 0 unspecified atom stereocenters. The molecule has 0 aromatic heterocycles. The molecule has 0 atom stereocenters. The average Bonchev–Trinajstić information content (AvgIpc) is 2.52. The summed E-state index contributed by atoms with van der Waals surface area (Å²) in [7, 11) is 0. The van der Waals surface area contributed by atoms with Gasteiger partial charge in [-0.3, -0.25) is 9.80 Å². The first-order valence-corrected chi connectivity index (χ1v) is 5.00. The van der Waals surface area contributed by atoms with Crippen molar-refractivity contribution in [1.29, 1.82) is 0 Å². The second-order valence-electron chi connectivity index (χ2n) is 3.41. The highest BCUT2D eigenvalue weighted by Crippen LogP contribution is 2.13. The third kappa shape index (κ3) is 2.84. The quantitative estimate of drug-likeness (QED) is 0.658. The lowest BCUT2D eigenvalue weighted by Crippen LogP contribution is -2.32. The molecule has 1 N–H and O–H groups in total. The molecule has 0 bridgehead atoms. The molecule has 1 rings (SSSR count). The van der Waals surface area contributed by atoms with E-state index in [-0.39, 0.29) is 5.91 Å². The van der Waals surface area contributed by atoms with Gasteiger partial charge in [0.1, 0.15) is 0 Å². The summed E-state index contributed by atoms with van der Waals surface area (Å²) < 4.78 is 0. The van der Waals surface area contributed by atoms with Crippen molar-refractivity contribution < 1.29 is 4.79 Å². The molecule has 1 saturated heterocycles. The maximum absolute atomic E-state index is 11.3. The normalized spacial score (nSPS) is 16.7. The fourth-order valence-electron chi connectivity index (χ4n) is 1.45. The molecule has 0 spiro atoms. The van der Waals surface area contributed by atoms with E-state index in [4.69, 9.17) is 0 Å². The van der Waals surface area contributed by atoms with Gasteiger partial charge in [0.2, 0.25) is 5.91 Å². The standard InChI is InChI=1S/C10H18N2O/c1-3-4-5-6-9(2)12-10(13)7-8-11-12/h11H,2-8H2,1H3. The SMILES string of the molecule is C=C(CCCCC)N1NCCC1=O. The van der Waals surface area contributed by atoms with Crippen molar-refractivity contribution in [1.82, 2.24) is 10.4 Å². The van der Waals surface area contributed by atoms with Gasteiger partial charge in [-0.1, -0.05) is 26.3 Å². The average molecular weight is 182 g/mol. The summed E-state index contributed by atoms with van der Waals surface area (Å²) in [5.74, 6) is 0.154. The molecule has 3 nitrogen and oxygen atoms in total. The minimum atomic E-state index is 0.154. The van der Waals surface area contributed by atoms with Crippen LogP contribution in [0.4, 0.5) is 0 Å². The predicted molar refractivity (Wildman–Crippen MR) is 52.7 cm³/mol. The van der Waals surface area contributed by atoms with Gasteiger partial charge >= 0.3 is 0 Å². The fraction of sp³-hybridized carbons (Fsp3) is 0.700. The summed E-state index contributed by atoms with van der Waals surface area (Å²) >= 11 is 0. The molecule has 0 aliphatic carbocycles. The minimum Gasteiger partial charge on any atom is -0.273 e. The van der Waals surface area contributed by atoms with Gasteiger partial charge < -0.3 is 0 Å². The Kier molecular flexibility index (Phi) is 3.96. The first-order chi connectivity index (χ1) is 6.25. The van der Waals surface area contributed by atoms with Crippen molar-refractivity contribution in [3.63, 3.8) is 0 Å². The monoisotopic (exact) mass is 182 g/mol. The van der Waals surface area contributed by atoms with Gasteiger partial charge in [-0.15, -0.1) is 0 Å². The number of hydrogen-bond acceptors (Lipinski definition) is 2. The lowest BCUT2D eigenvalue weighted by atomic mass is 10.2. The number of nitrogens with one attached hydrogen (secondary N) is 1. The van der Waals surface area contributed by atoms with Crippen LogP contribution in [0, 0.1) is 0 Å². The summed E-state index contributed by atoms with van der Waals surface area (Å²) in [6, 6.07) is 0. The second-order valence-corrected chi connectivity index (χ2v) is 3.41. The highest BCUT2D eigenvalue weighted by Gasteiger charge is 2.21. The van der Waals surface area contributed by atoms with E-state index < -0.39 is 0 Å². The second kappa shape index (κ2) is 5.02. The fourth-order valence-corrected chi connectivity index (χ4v) is 1.45. The van der Waals surface area contributed by atoms with Crippen LogP contribution in [-0.4, -0.2) is 17.5 Å². The molecule has 0 aromatic rings. The molecule has 1 fully saturated rings. The molecule has 1 heterocycles. The highest BCUT2D eigenvalue weighted by atomic mass is 16.2. The summed E-state index contributed by atoms with van der Waals surface area (Å²) in [5.41, 5.74) is 3.93. The van der Waals surface area contributed by atoms with Crippen LogP contribution in [0.1, 0.15) is 39.0 Å². The summed E-state index contributed by atoms with van der Waals surface area (Å²) in [4.78, 5) is 11.3. The molecule has 0 saturated carbocycles. The zero-order valence-electron chi connectivity index (χ0n) is 8.31. The van der Waals surface area contributed by atoms with E-state index in [9.17, 15) is 4.79 Å². The van der Waals surface area contributed by atoms with Crippen molar-refractivity contribution in [2.75, 3.05) is 6.54 Å². The Balaban J connectivity index is 2.26. The summed E-state index contributed by atoms with van der Waals surface area (Å²) in [6.45, 7) is 6.83. The predicted octanol–water partition coefficient (Wildman–Crippen LogP) is 1.82. The molecular formula is C10H18N2O. The maximum atomic E-state index is 11.3. The zero-order chi connectivity index (χ0) is 9.68. The Morgan fingerprint density at radius 2 is 2.38 bits per heavy atom. The van der Waals surface area contributed by atoms with Crippen molar-refractivity contribution in [2.45, 2.75) is 39.0 Å². The van der Waals surface area contributed by atoms with Crippen LogP contribution in [0.3, 0.4) is 0 Å². The van der Waals surface area contributed by atoms with Crippen LogP contribution in [0.25, 0.3) is 0 Å². The van der Waals surface area contributed by atoms with Gasteiger partial charge in [-0.25, -0.2) is 5.43 Å². The van der Waals surface area contributed by atoms with Gasteiger partial charge in [-0.2, -0.15) is 0 Å². The third-order valence-electron chi connectivity index (χ3n) is 2.24. The van der Waals surface area contributed by atoms with Crippen LogP contribution in [-0.2, 0) is 4.79 Å². The summed E-state index contributed by atoms with van der Waals surface area (Å²) in [6.07, 6.45) is 5.07. The number of carbonyl (C=O) groups is 1. The molecule has 13 heavy (non-hydrogen) atoms. The molecule has 1 aliphatic rings. The van der Waals surface area contributed by atoms with Gasteiger partial charge in [0.15, 0.2) is 0 Å². The number of amides is 1. The maximum Gasteiger partial charge on any atom is 0.242 e. The molecule has 1 amide bonds. The number of rotatable bonds is 5. The Morgan fingerprint density at radius 3 is 2.92 bits per heavy atom. The number of hydrazine groups is 1. The smallest absolute Gasteiger partial charge is 0.242 e. The van der Waals surface area contributed by atoms with Crippen molar-refractivity contribution in [2.24, 2.45) is 0 Å². The molecule has 0 radical (unpaired) electrons. The van der Waals surface area contributed by atoms with E-state index in [1.54, 1.807) is 5.01 Å². The topological polar surface area (TPSA) is 32.3 Å². The summed E-state index contributed by atoms with van der Waals surface area (Å²) in [5, 5.41) is 1.61. The van der Waals surface area contributed by atoms with E-state index in [0.717, 1.165) is 25.1 Å². The number of hydrogen-bond donors (Lipinski definition) is 1. The molecule has 1 aliphatic heterocycles. The Morgan fingerprint density at radius 1 is 1.62 bits per heavy atom. The lowest BCUT2D eigenvalue weighted by Gasteiger charge is -2.18. The van der Waals surface area contributed by atoms with Gasteiger partial charge in [0, 0.05) is 18.7 Å².